The standard InChI is InChI=1S/C26H18.C18H21N.C14H12.8C2H6/c1-5-13-22-18(9-1)17-19-10-2-6-14-23(19)26(22)24-15-7-3-11-20(24)21-12-4-8-16-25(21)26;1-3-19(4-2)13-16-10-7-9-15-12-14-8-5-6-11-17(14)18(15)16;1-2-6-12-10-14-8-4-3-7-13(14)9-11(12)5-1;8*1-2/h1-16H,17H2;5-11H,3-4,12-13H2,1-2H3;1-8H,9-10H2;8*1-2H3. The van der Waals surface area contributed by atoms with Crippen molar-refractivity contribution in [2.24, 2.45) is 0 Å². The highest BCUT2D eigenvalue weighted by Gasteiger charge is 2.49. The van der Waals surface area contributed by atoms with Gasteiger partial charge in [-0.05, 0) is 133 Å². The van der Waals surface area contributed by atoms with Gasteiger partial charge in [0.1, 0.15) is 0 Å². The molecule has 1 heteroatoms. The SMILES string of the molecule is CC.CC.CC.CC.CC.CC.CC.CC.CCN(CC)Cc1cccc2c1-c1ccccc1C2.c1ccc2c(c1)Cc1ccccc1C2.c1ccc2c(c1)Cc1ccccc1C21c2ccccc2-c2ccccc21. The molecule has 0 saturated carbocycles. The van der Waals surface area contributed by atoms with Crippen molar-refractivity contribution in [1.82, 2.24) is 4.90 Å². The number of nitrogens with zero attached hydrogens (tertiary/aromatic N) is 1. The summed E-state index contributed by atoms with van der Waals surface area (Å²) in [7, 11) is 0. The normalized spacial score (nSPS) is 11.5. The zero-order valence-corrected chi connectivity index (χ0v) is 50.3. The molecule has 0 aliphatic heterocycles. The second-order valence-electron chi connectivity index (χ2n) is 16.5. The summed E-state index contributed by atoms with van der Waals surface area (Å²) in [6, 6.07) is 69.0. The minimum atomic E-state index is -0.196. The number of fused-ring (bicyclic) bond motifs is 14. The number of hydrogen-bond acceptors (Lipinski definition) is 1. The highest BCUT2D eigenvalue weighted by molar-refractivity contribution is 5.87. The molecule has 4 aliphatic carbocycles. The van der Waals surface area contributed by atoms with E-state index in [9.17, 15) is 0 Å². The van der Waals surface area contributed by atoms with Gasteiger partial charge in [-0.3, -0.25) is 4.90 Å². The van der Waals surface area contributed by atoms with Crippen LogP contribution in [0.5, 0.6) is 0 Å². The summed E-state index contributed by atoms with van der Waals surface area (Å²) >= 11 is 0. The van der Waals surface area contributed by atoms with Crippen molar-refractivity contribution in [3.8, 4) is 22.3 Å². The van der Waals surface area contributed by atoms with Crippen molar-refractivity contribution >= 4 is 0 Å². The topological polar surface area (TPSA) is 3.24 Å². The fraction of sp³-hybridized carbons (Fsp3) is 0.351. The van der Waals surface area contributed by atoms with Crippen molar-refractivity contribution in [3.05, 3.63) is 260 Å². The van der Waals surface area contributed by atoms with Gasteiger partial charge in [0, 0.05) is 6.54 Å². The van der Waals surface area contributed by atoms with E-state index >= 15 is 0 Å². The number of hydrogen-bond donors (Lipinski definition) is 0. The molecule has 4 aliphatic rings. The van der Waals surface area contributed by atoms with Crippen LogP contribution in [0.25, 0.3) is 22.3 Å². The van der Waals surface area contributed by atoms with E-state index in [2.05, 4.69) is 207 Å². The first-order valence-electron chi connectivity index (χ1n) is 29.6. The third-order valence-corrected chi connectivity index (χ3v) is 13.4. The third kappa shape index (κ3) is 14.8. The van der Waals surface area contributed by atoms with Crippen LogP contribution in [-0.4, -0.2) is 18.0 Å². The minimum Gasteiger partial charge on any atom is -0.300 e. The summed E-state index contributed by atoms with van der Waals surface area (Å²) < 4.78 is 0. The lowest BCUT2D eigenvalue weighted by atomic mass is 9.61. The second kappa shape index (κ2) is 35.8. The van der Waals surface area contributed by atoms with E-state index < -0.39 is 0 Å². The third-order valence-electron chi connectivity index (χ3n) is 13.4. The second-order valence-corrected chi connectivity index (χ2v) is 16.5. The Morgan fingerprint density at radius 2 is 0.560 bits per heavy atom. The van der Waals surface area contributed by atoms with E-state index in [0.29, 0.717) is 0 Å². The first-order valence-corrected chi connectivity index (χ1v) is 29.6. The quantitative estimate of drug-likeness (QED) is 0.170. The van der Waals surface area contributed by atoms with Crippen LogP contribution < -0.4 is 0 Å². The van der Waals surface area contributed by atoms with Gasteiger partial charge in [0.25, 0.3) is 0 Å². The zero-order chi connectivity index (χ0) is 55.8. The zero-order valence-electron chi connectivity index (χ0n) is 50.3. The van der Waals surface area contributed by atoms with Crippen molar-refractivity contribution < 1.29 is 0 Å². The van der Waals surface area contributed by atoms with Crippen LogP contribution in [0.3, 0.4) is 0 Å². The average molecular weight is 1000 g/mol. The summed E-state index contributed by atoms with van der Waals surface area (Å²) in [5.41, 5.74) is 24.5. The molecule has 0 amide bonds. The Hall–Kier alpha value is -6.28. The van der Waals surface area contributed by atoms with Gasteiger partial charge in [0.05, 0.1) is 5.41 Å². The predicted molar refractivity (Wildman–Crippen MR) is 337 cm³/mol. The Kier molecular flexibility index (Phi) is 31.0. The highest BCUT2D eigenvalue weighted by atomic mass is 15.1. The number of rotatable bonds is 4. The van der Waals surface area contributed by atoms with Gasteiger partial charge in [-0.25, -0.2) is 0 Å². The summed E-state index contributed by atoms with van der Waals surface area (Å²) in [6.45, 7) is 39.8. The van der Waals surface area contributed by atoms with Crippen LogP contribution in [0.15, 0.2) is 188 Å². The molecule has 0 unspecified atom stereocenters. The maximum absolute atomic E-state index is 2.48. The Bertz CT molecular complexity index is 2620. The Morgan fingerprint density at radius 3 is 0.947 bits per heavy atom. The van der Waals surface area contributed by atoms with Gasteiger partial charge in [-0.2, -0.15) is 0 Å². The van der Waals surface area contributed by atoms with Gasteiger partial charge in [0.2, 0.25) is 0 Å². The summed E-state index contributed by atoms with van der Waals surface area (Å²) in [6.07, 6.45) is 4.31. The van der Waals surface area contributed by atoms with E-state index in [0.717, 1.165) is 45.3 Å². The van der Waals surface area contributed by atoms with Crippen LogP contribution in [0.1, 0.15) is 197 Å². The lowest BCUT2D eigenvalue weighted by Gasteiger charge is -2.40. The molecule has 75 heavy (non-hydrogen) atoms. The average Bonchev–Trinajstić information content (AvgIpc) is 4.05. The highest BCUT2D eigenvalue weighted by Crippen LogP contribution is 2.59. The summed E-state index contributed by atoms with van der Waals surface area (Å²) in [5.74, 6) is 0. The van der Waals surface area contributed by atoms with E-state index in [1.54, 1.807) is 0 Å². The predicted octanol–water partition coefficient (Wildman–Crippen LogP) is 21.4. The van der Waals surface area contributed by atoms with Crippen LogP contribution in [-0.2, 0) is 37.6 Å². The molecule has 0 saturated heterocycles. The van der Waals surface area contributed by atoms with Gasteiger partial charge in [-0.15, -0.1) is 0 Å². The molecule has 0 bridgehead atoms. The van der Waals surface area contributed by atoms with Crippen molar-refractivity contribution in [3.63, 3.8) is 0 Å². The lowest BCUT2D eigenvalue weighted by Crippen LogP contribution is -2.34. The van der Waals surface area contributed by atoms with Crippen molar-refractivity contribution in [1.29, 1.82) is 0 Å². The van der Waals surface area contributed by atoms with E-state index in [1.807, 2.05) is 111 Å². The van der Waals surface area contributed by atoms with E-state index in [4.69, 9.17) is 0 Å². The van der Waals surface area contributed by atoms with Crippen LogP contribution in [0, 0.1) is 0 Å². The molecular formula is C74H99N. The Labute approximate surface area is 460 Å². The van der Waals surface area contributed by atoms with Gasteiger partial charge in [0.15, 0.2) is 0 Å². The van der Waals surface area contributed by atoms with Crippen LogP contribution >= 0.6 is 0 Å². The van der Waals surface area contributed by atoms with Crippen LogP contribution in [0.4, 0.5) is 0 Å². The molecule has 0 radical (unpaired) electrons. The molecule has 1 nitrogen and oxygen atoms in total. The Morgan fingerprint density at radius 1 is 0.280 bits per heavy atom. The smallest absolute Gasteiger partial charge is 0.0719 e. The van der Waals surface area contributed by atoms with Gasteiger partial charge in [-0.1, -0.05) is 313 Å². The summed E-state index contributed by atoms with van der Waals surface area (Å²) in [4.78, 5) is 2.48. The minimum absolute atomic E-state index is 0.196. The lowest BCUT2D eigenvalue weighted by molar-refractivity contribution is 0.296. The molecule has 0 N–H and O–H groups in total. The van der Waals surface area contributed by atoms with Gasteiger partial charge < -0.3 is 0 Å². The summed E-state index contributed by atoms with van der Waals surface area (Å²) in [5, 5.41) is 0. The fourth-order valence-corrected chi connectivity index (χ4v) is 10.6. The van der Waals surface area contributed by atoms with Crippen LogP contribution in [0.2, 0.25) is 0 Å². The molecular weight excluding hydrogens is 903 g/mol. The Balaban J connectivity index is 0.000000349. The molecule has 0 atom stereocenters. The number of benzene rings is 8. The van der Waals surface area contributed by atoms with E-state index in [1.165, 1.54) is 94.6 Å². The molecule has 0 heterocycles. The molecule has 0 fully saturated rings. The molecule has 1 spiro atoms. The van der Waals surface area contributed by atoms with Gasteiger partial charge >= 0.3 is 0 Å². The van der Waals surface area contributed by atoms with E-state index in [-0.39, 0.29) is 5.41 Å². The first kappa shape index (κ1) is 64.8. The van der Waals surface area contributed by atoms with Crippen molar-refractivity contribution in [2.75, 3.05) is 13.1 Å². The molecule has 0 aromatic heterocycles. The molecule has 8 aromatic rings. The van der Waals surface area contributed by atoms with Crippen molar-refractivity contribution in [2.45, 2.75) is 162 Å². The molecule has 8 aromatic carbocycles. The maximum atomic E-state index is 2.48. The largest absolute Gasteiger partial charge is 0.300 e. The first-order chi connectivity index (χ1) is 37.2. The molecule has 12 rings (SSSR count). The maximum Gasteiger partial charge on any atom is 0.0719 e. The molecule has 400 valence electrons. The monoisotopic (exact) mass is 1000 g/mol. The fourth-order valence-electron chi connectivity index (χ4n) is 10.6.